The van der Waals surface area contributed by atoms with Gasteiger partial charge in [-0.2, -0.15) is 0 Å². The van der Waals surface area contributed by atoms with Gasteiger partial charge in [-0.1, -0.05) is 20.3 Å². The summed E-state index contributed by atoms with van der Waals surface area (Å²) < 4.78 is 0. The average molecular weight is 276 g/mol. The number of hydrogen-bond donors (Lipinski definition) is 3. The van der Waals surface area contributed by atoms with Gasteiger partial charge in [-0.25, -0.2) is 4.79 Å². The molecular formula is C15H20N2O3. The van der Waals surface area contributed by atoms with E-state index in [1.165, 1.54) is 0 Å². The molecular weight excluding hydrogens is 256 g/mol. The van der Waals surface area contributed by atoms with Gasteiger partial charge in [0, 0.05) is 17.8 Å². The van der Waals surface area contributed by atoms with Crippen LogP contribution in [0.5, 0.6) is 0 Å². The van der Waals surface area contributed by atoms with E-state index < -0.39 is 12.0 Å². The molecule has 0 aliphatic carbocycles. The third-order valence-corrected chi connectivity index (χ3v) is 3.84. The molecule has 2 rings (SSSR count). The number of aliphatic carboxylic acids is 1. The van der Waals surface area contributed by atoms with Gasteiger partial charge in [-0.05, 0) is 36.1 Å². The van der Waals surface area contributed by atoms with Crippen molar-refractivity contribution in [3.05, 3.63) is 29.3 Å². The van der Waals surface area contributed by atoms with Crippen molar-refractivity contribution >= 4 is 17.6 Å². The van der Waals surface area contributed by atoms with Gasteiger partial charge in [0.2, 0.25) is 0 Å². The lowest BCUT2D eigenvalue weighted by molar-refractivity contribution is -0.140. The number of carbonyl (C=O) groups is 2. The lowest BCUT2D eigenvalue weighted by Gasteiger charge is -2.20. The maximum absolute atomic E-state index is 12.2. The number of amides is 1. The summed E-state index contributed by atoms with van der Waals surface area (Å²) in [5, 5.41) is 15.0. The molecule has 0 radical (unpaired) electrons. The van der Waals surface area contributed by atoms with E-state index >= 15 is 0 Å². The molecule has 0 bridgehead atoms. The monoisotopic (exact) mass is 276 g/mol. The van der Waals surface area contributed by atoms with Gasteiger partial charge < -0.3 is 15.7 Å². The molecule has 0 saturated carbocycles. The Balaban J connectivity index is 2.12. The molecule has 5 nitrogen and oxygen atoms in total. The van der Waals surface area contributed by atoms with Crippen molar-refractivity contribution in [1.29, 1.82) is 0 Å². The third-order valence-electron chi connectivity index (χ3n) is 3.84. The first-order chi connectivity index (χ1) is 9.52. The molecule has 1 aromatic rings. The molecule has 1 heterocycles. The Labute approximate surface area is 118 Å². The molecule has 1 aliphatic rings. The fourth-order valence-corrected chi connectivity index (χ4v) is 2.35. The van der Waals surface area contributed by atoms with Crippen LogP contribution in [0.15, 0.2) is 18.2 Å². The molecule has 0 fully saturated rings. The van der Waals surface area contributed by atoms with E-state index in [4.69, 9.17) is 0 Å². The zero-order chi connectivity index (χ0) is 14.7. The van der Waals surface area contributed by atoms with Crippen molar-refractivity contribution in [2.75, 3.05) is 11.9 Å². The normalized spacial score (nSPS) is 15.9. The summed E-state index contributed by atoms with van der Waals surface area (Å²) in [5.74, 6) is -1.42. The topological polar surface area (TPSA) is 78.4 Å². The quantitative estimate of drug-likeness (QED) is 0.767. The van der Waals surface area contributed by atoms with E-state index in [2.05, 4.69) is 10.6 Å². The number of benzene rings is 1. The summed E-state index contributed by atoms with van der Waals surface area (Å²) in [6.07, 6.45) is 1.59. The van der Waals surface area contributed by atoms with Gasteiger partial charge >= 0.3 is 5.97 Å². The highest BCUT2D eigenvalue weighted by atomic mass is 16.4. The molecule has 108 valence electrons. The Morgan fingerprint density at radius 2 is 2.20 bits per heavy atom. The van der Waals surface area contributed by atoms with Crippen LogP contribution in [0, 0.1) is 5.92 Å². The van der Waals surface area contributed by atoms with E-state index in [1.807, 2.05) is 26.0 Å². The number of carboxylic acid groups (broad SMARTS) is 1. The first-order valence-corrected chi connectivity index (χ1v) is 6.93. The maximum atomic E-state index is 12.2. The van der Waals surface area contributed by atoms with Crippen LogP contribution in [0.1, 0.15) is 36.2 Å². The Morgan fingerprint density at radius 1 is 1.45 bits per heavy atom. The zero-order valence-corrected chi connectivity index (χ0v) is 11.8. The molecule has 20 heavy (non-hydrogen) atoms. The van der Waals surface area contributed by atoms with Gasteiger partial charge in [0.1, 0.15) is 6.04 Å². The molecule has 3 N–H and O–H groups in total. The van der Waals surface area contributed by atoms with Crippen molar-refractivity contribution in [1.82, 2.24) is 5.32 Å². The van der Waals surface area contributed by atoms with Crippen LogP contribution in [0.25, 0.3) is 0 Å². The molecule has 1 aromatic carbocycles. The molecule has 1 amide bonds. The zero-order valence-electron chi connectivity index (χ0n) is 11.8. The first-order valence-electron chi connectivity index (χ1n) is 6.93. The number of fused-ring (bicyclic) bond motifs is 1. The minimum Gasteiger partial charge on any atom is -0.480 e. The number of rotatable bonds is 5. The van der Waals surface area contributed by atoms with Crippen LogP contribution in [0.3, 0.4) is 0 Å². The smallest absolute Gasteiger partial charge is 0.326 e. The standard InChI is InChI=1S/C15H20N2O3/c1-3-9(2)13(15(19)20)17-14(18)11-4-5-12-10(8-11)6-7-16-12/h4-5,8-9,13,16H,3,6-7H2,1-2H3,(H,17,18)(H,19,20). The number of nitrogens with one attached hydrogen (secondary N) is 2. The summed E-state index contributed by atoms with van der Waals surface area (Å²) in [4.78, 5) is 23.4. The number of hydrogen-bond acceptors (Lipinski definition) is 3. The lowest BCUT2D eigenvalue weighted by atomic mass is 9.98. The van der Waals surface area contributed by atoms with E-state index in [0.29, 0.717) is 12.0 Å². The predicted molar refractivity (Wildman–Crippen MR) is 77.0 cm³/mol. The summed E-state index contributed by atoms with van der Waals surface area (Å²) in [7, 11) is 0. The SMILES string of the molecule is CCC(C)C(NC(=O)c1ccc2c(c1)CCN2)C(=O)O. The first kappa shape index (κ1) is 14.4. The Morgan fingerprint density at radius 3 is 2.85 bits per heavy atom. The van der Waals surface area contributed by atoms with Crippen molar-refractivity contribution in [3.8, 4) is 0 Å². The van der Waals surface area contributed by atoms with Crippen LogP contribution in [-0.4, -0.2) is 29.6 Å². The van der Waals surface area contributed by atoms with Crippen LogP contribution >= 0.6 is 0 Å². The van der Waals surface area contributed by atoms with Gasteiger partial charge in [0.05, 0.1) is 0 Å². The average Bonchev–Trinajstić information content (AvgIpc) is 2.90. The molecule has 0 saturated heterocycles. The Bertz CT molecular complexity index is 528. The fraction of sp³-hybridized carbons (Fsp3) is 0.467. The summed E-state index contributed by atoms with van der Waals surface area (Å²) in [6.45, 7) is 4.62. The highest BCUT2D eigenvalue weighted by Gasteiger charge is 2.26. The van der Waals surface area contributed by atoms with Crippen LogP contribution in [0.2, 0.25) is 0 Å². The number of anilines is 1. The van der Waals surface area contributed by atoms with Crippen LogP contribution in [0.4, 0.5) is 5.69 Å². The summed E-state index contributed by atoms with van der Waals surface area (Å²) >= 11 is 0. The maximum Gasteiger partial charge on any atom is 0.326 e. The highest BCUT2D eigenvalue weighted by molar-refractivity contribution is 5.97. The van der Waals surface area contributed by atoms with Gasteiger partial charge in [0.25, 0.3) is 5.91 Å². The predicted octanol–water partition coefficient (Wildman–Crippen LogP) is 1.88. The van der Waals surface area contributed by atoms with E-state index in [-0.39, 0.29) is 11.8 Å². The van der Waals surface area contributed by atoms with Crippen LogP contribution in [-0.2, 0) is 11.2 Å². The van der Waals surface area contributed by atoms with Crippen molar-refractivity contribution in [3.63, 3.8) is 0 Å². The molecule has 0 spiro atoms. The number of carboxylic acids is 1. The Kier molecular flexibility index (Phi) is 4.27. The number of carbonyl (C=O) groups excluding carboxylic acids is 1. The van der Waals surface area contributed by atoms with Gasteiger partial charge in [0.15, 0.2) is 0 Å². The molecule has 2 atom stereocenters. The second kappa shape index (κ2) is 5.94. The van der Waals surface area contributed by atoms with Crippen molar-refractivity contribution < 1.29 is 14.7 Å². The largest absolute Gasteiger partial charge is 0.480 e. The summed E-state index contributed by atoms with van der Waals surface area (Å²) in [6, 6.07) is 4.58. The summed E-state index contributed by atoms with van der Waals surface area (Å²) in [5.41, 5.74) is 2.67. The molecule has 1 aliphatic heterocycles. The molecule has 5 heteroatoms. The second-order valence-electron chi connectivity index (χ2n) is 5.22. The minimum atomic E-state index is -0.990. The van der Waals surface area contributed by atoms with Crippen molar-refractivity contribution in [2.45, 2.75) is 32.7 Å². The van der Waals surface area contributed by atoms with Gasteiger partial charge in [-0.15, -0.1) is 0 Å². The fourth-order valence-electron chi connectivity index (χ4n) is 2.35. The Hall–Kier alpha value is -2.04. The van der Waals surface area contributed by atoms with E-state index in [0.717, 1.165) is 24.2 Å². The highest BCUT2D eigenvalue weighted by Crippen LogP contribution is 2.23. The molecule has 0 aromatic heterocycles. The third kappa shape index (κ3) is 2.92. The second-order valence-corrected chi connectivity index (χ2v) is 5.22. The van der Waals surface area contributed by atoms with Crippen LogP contribution < -0.4 is 10.6 Å². The van der Waals surface area contributed by atoms with E-state index in [1.54, 1.807) is 6.07 Å². The molecule has 2 unspecified atom stereocenters. The minimum absolute atomic E-state index is 0.104. The lowest BCUT2D eigenvalue weighted by Crippen LogP contribution is -2.45. The van der Waals surface area contributed by atoms with Gasteiger partial charge in [-0.3, -0.25) is 4.79 Å². The van der Waals surface area contributed by atoms with Crippen molar-refractivity contribution in [2.24, 2.45) is 5.92 Å². The van der Waals surface area contributed by atoms with E-state index in [9.17, 15) is 14.7 Å².